The van der Waals surface area contributed by atoms with E-state index in [1.165, 1.54) is 0 Å². The third-order valence-corrected chi connectivity index (χ3v) is 5.23. The standard InChI is InChI=1S/C19H27N3O3/c1-19(2)13-21(10-8-16(19)20)18(24)12-25-15-6-3-5-14(11-15)22-9-4-7-17(22)23/h3,5-6,11,16H,4,7-10,12-13,20H2,1-2H3. The fraction of sp³-hybridized carbons (Fsp3) is 0.579. The van der Waals surface area contributed by atoms with Crippen molar-refractivity contribution in [3.8, 4) is 5.75 Å². The van der Waals surface area contributed by atoms with E-state index in [4.69, 9.17) is 10.5 Å². The summed E-state index contributed by atoms with van der Waals surface area (Å²) in [6.07, 6.45) is 2.29. The highest BCUT2D eigenvalue weighted by Gasteiger charge is 2.35. The summed E-state index contributed by atoms with van der Waals surface area (Å²) < 4.78 is 5.69. The van der Waals surface area contributed by atoms with Gasteiger partial charge in [-0.2, -0.15) is 0 Å². The number of carbonyl (C=O) groups is 2. The molecule has 0 aromatic heterocycles. The number of nitrogens with zero attached hydrogens (tertiary/aromatic N) is 2. The number of hydrogen-bond acceptors (Lipinski definition) is 4. The predicted octanol–water partition coefficient (Wildman–Crippen LogP) is 1.78. The highest BCUT2D eigenvalue weighted by Crippen LogP contribution is 2.28. The molecule has 2 aliphatic rings. The van der Waals surface area contributed by atoms with Crippen molar-refractivity contribution in [3.05, 3.63) is 24.3 Å². The normalized spacial score (nSPS) is 23.0. The molecule has 2 N–H and O–H groups in total. The summed E-state index contributed by atoms with van der Waals surface area (Å²) in [6.45, 7) is 6.25. The molecule has 136 valence electrons. The van der Waals surface area contributed by atoms with Crippen LogP contribution in [0.2, 0.25) is 0 Å². The van der Waals surface area contributed by atoms with E-state index >= 15 is 0 Å². The Hall–Kier alpha value is -2.08. The van der Waals surface area contributed by atoms with E-state index in [0.717, 1.165) is 25.1 Å². The van der Waals surface area contributed by atoms with Gasteiger partial charge in [-0.1, -0.05) is 19.9 Å². The minimum atomic E-state index is -0.0794. The van der Waals surface area contributed by atoms with Crippen LogP contribution in [0.3, 0.4) is 0 Å². The summed E-state index contributed by atoms with van der Waals surface area (Å²) >= 11 is 0. The van der Waals surface area contributed by atoms with Crippen LogP contribution in [0.1, 0.15) is 33.1 Å². The summed E-state index contributed by atoms with van der Waals surface area (Å²) in [7, 11) is 0. The Balaban J connectivity index is 1.58. The highest BCUT2D eigenvalue weighted by atomic mass is 16.5. The van der Waals surface area contributed by atoms with Crippen molar-refractivity contribution in [1.29, 1.82) is 0 Å². The first-order valence-electron chi connectivity index (χ1n) is 8.93. The summed E-state index contributed by atoms with van der Waals surface area (Å²) in [5.41, 5.74) is 6.88. The first kappa shape index (κ1) is 17.7. The number of nitrogens with two attached hydrogens (primary N) is 1. The lowest BCUT2D eigenvalue weighted by Gasteiger charge is -2.42. The van der Waals surface area contributed by atoms with Gasteiger partial charge in [-0.15, -0.1) is 0 Å². The number of carbonyl (C=O) groups excluding carboxylic acids is 2. The van der Waals surface area contributed by atoms with E-state index in [1.807, 2.05) is 29.2 Å². The molecule has 2 fully saturated rings. The molecule has 1 atom stereocenters. The van der Waals surface area contributed by atoms with E-state index in [0.29, 0.717) is 25.3 Å². The van der Waals surface area contributed by atoms with Gasteiger partial charge in [0.1, 0.15) is 5.75 Å². The first-order chi connectivity index (χ1) is 11.9. The van der Waals surface area contributed by atoms with Gasteiger partial charge >= 0.3 is 0 Å². The number of benzene rings is 1. The average molecular weight is 345 g/mol. The van der Waals surface area contributed by atoms with Crippen molar-refractivity contribution < 1.29 is 14.3 Å². The van der Waals surface area contributed by atoms with Crippen LogP contribution in [-0.4, -0.2) is 49.0 Å². The smallest absolute Gasteiger partial charge is 0.260 e. The molecule has 0 spiro atoms. The molecule has 2 aliphatic heterocycles. The second-order valence-electron chi connectivity index (χ2n) is 7.63. The van der Waals surface area contributed by atoms with Crippen LogP contribution in [0.15, 0.2) is 24.3 Å². The lowest BCUT2D eigenvalue weighted by molar-refractivity contribution is -0.136. The van der Waals surface area contributed by atoms with Crippen molar-refractivity contribution in [1.82, 2.24) is 4.90 Å². The molecule has 3 rings (SSSR count). The number of piperidine rings is 1. The van der Waals surface area contributed by atoms with Crippen molar-refractivity contribution in [2.24, 2.45) is 11.1 Å². The maximum atomic E-state index is 12.5. The van der Waals surface area contributed by atoms with E-state index in [1.54, 1.807) is 4.90 Å². The van der Waals surface area contributed by atoms with Crippen LogP contribution >= 0.6 is 0 Å². The Labute approximate surface area is 148 Å². The zero-order chi connectivity index (χ0) is 18.0. The molecular weight excluding hydrogens is 318 g/mol. The monoisotopic (exact) mass is 345 g/mol. The summed E-state index contributed by atoms with van der Waals surface area (Å²) in [4.78, 5) is 27.9. The van der Waals surface area contributed by atoms with Crippen LogP contribution in [0.5, 0.6) is 5.75 Å². The van der Waals surface area contributed by atoms with Crippen LogP contribution in [0.25, 0.3) is 0 Å². The average Bonchev–Trinajstić information content (AvgIpc) is 3.01. The lowest BCUT2D eigenvalue weighted by Crippen LogP contribution is -2.54. The molecule has 2 amide bonds. The molecule has 25 heavy (non-hydrogen) atoms. The quantitative estimate of drug-likeness (QED) is 0.902. The molecule has 0 radical (unpaired) electrons. The van der Waals surface area contributed by atoms with Gasteiger partial charge in [-0.3, -0.25) is 9.59 Å². The molecule has 0 aliphatic carbocycles. The summed E-state index contributed by atoms with van der Waals surface area (Å²) in [5, 5.41) is 0. The fourth-order valence-corrected chi connectivity index (χ4v) is 3.49. The molecule has 0 bridgehead atoms. The molecule has 6 heteroatoms. The third kappa shape index (κ3) is 3.95. The van der Waals surface area contributed by atoms with E-state index in [9.17, 15) is 9.59 Å². The Morgan fingerprint density at radius 2 is 2.16 bits per heavy atom. The van der Waals surface area contributed by atoms with E-state index < -0.39 is 0 Å². The van der Waals surface area contributed by atoms with E-state index in [2.05, 4.69) is 13.8 Å². The largest absolute Gasteiger partial charge is 0.484 e. The lowest BCUT2D eigenvalue weighted by atomic mass is 9.80. The molecule has 1 aromatic rings. The molecule has 1 aromatic carbocycles. The molecule has 2 heterocycles. The molecule has 0 saturated carbocycles. The van der Waals surface area contributed by atoms with Crippen LogP contribution in [0.4, 0.5) is 5.69 Å². The van der Waals surface area contributed by atoms with Crippen LogP contribution < -0.4 is 15.4 Å². The SMILES string of the molecule is CC1(C)CN(C(=O)COc2cccc(N3CCCC3=O)c2)CCC1N. The number of anilines is 1. The van der Waals surface area contributed by atoms with Crippen LogP contribution in [0, 0.1) is 5.41 Å². The van der Waals surface area contributed by atoms with Gasteiger partial charge in [0.05, 0.1) is 0 Å². The highest BCUT2D eigenvalue weighted by molar-refractivity contribution is 5.95. The van der Waals surface area contributed by atoms with E-state index in [-0.39, 0.29) is 29.9 Å². The maximum absolute atomic E-state index is 12.5. The van der Waals surface area contributed by atoms with Crippen molar-refractivity contribution in [3.63, 3.8) is 0 Å². The number of amides is 2. The van der Waals surface area contributed by atoms with Gasteiger partial charge in [-0.25, -0.2) is 0 Å². The van der Waals surface area contributed by atoms with Crippen LogP contribution in [-0.2, 0) is 9.59 Å². The zero-order valence-corrected chi connectivity index (χ0v) is 15.0. The van der Waals surface area contributed by atoms with Gasteiger partial charge in [0.25, 0.3) is 5.91 Å². The Morgan fingerprint density at radius 1 is 1.36 bits per heavy atom. The number of likely N-dealkylation sites (tertiary alicyclic amines) is 1. The van der Waals surface area contributed by atoms with Gasteiger partial charge in [-0.05, 0) is 30.4 Å². The Morgan fingerprint density at radius 3 is 2.84 bits per heavy atom. The van der Waals surface area contributed by atoms with Gasteiger partial charge in [0.15, 0.2) is 6.61 Å². The summed E-state index contributed by atoms with van der Waals surface area (Å²) in [6, 6.07) is 7.50. The third-order valence-electron chi connectivity index (χ3n) is 5.23. The summed E-state index contributed by atoms with van der Waals surface area (Å²) in [5.74, 6) is 0.723. The molecule has 6 nitrogen and oxygen atoms in total. The number of ether oxygens (including phenoxy) is 1. The molecular formula is C19H27N3O3. The van der Waals surface area contributed by atoms with Crippen molar-refractivity contribution in [2.45, 2.75) is 39.2 Å². The van der Waals surface area contributed by atoms with Gasteiger partial charge < -0.3 is 20.3 Å². The second kappa shape index (κ2) is 7.04. The van der Waals surface area contributed by atoms with Crippen molar-refractivity contribution >= 4 is 17.5 Å². The minimum absolute atomic E-state index is 0.00270. The van der Waals surface area contributed by atoms with Gasteiger partial charge in [0, 0.05) is 43.9 Å². The Bertz CT molecular complexity index is 659. The topological polar surface area (TPSA) is 75.9 Å². The molecule has 1 unspecified atom stereocenters. The number of rotatable bonds is 4. The predicted molar refractivity (Wildman–Crippen MR) is 96.5 cm³/mol. The molecule has 2 saturated heterocycles. The fourth-order valence-electron chi connectivity index (χ4n) is 3.49. The maximum Gasteiger partial charge on any atom is 0.260 e. The minimum Gasteiger partial charge on any atom is -0.484 e. The Kier molecular flexibility index (Phi) is 4.99. The zero-order valence-electron chi connectivity index (χ0n) is 15.0. The van der Waals surface area contributed by atoms with Gasteiger partial charge in [0.2, 0.25) is 5.91 Å². The van der Waals surface area contributed by atoms with Crippen molar-refractivity contribution in [2.75, 3.05) is 31.1 Å². The number of hydrogen-bond donors (Lipinski definition) is 1. The first-order valence-corrected chi connectivity index (χ1v) is 8.93. The second-order valence-corrected chi connectivity index (χ2v) is 7.63.